The van der Waals surface area contributed by atoms with Gasteiger partial charge in [-0.15, -0.1) is 11.3 Å². The Kier molecular flexibility index (Phi) is 8.85. The highest BCUT2D eigenvalue weighted by Crippen LogP contribution is 2.31. The molecule has 0 aliphatic carbocycles. The molecule has 0 fully saturated rings. The quantitative estimate of drug-likeness (QED) is 0.264. The molecule has 3 aromatic carbocycles. The van der Waals surface area contributed by atoms with Crippen molar-refractivity contribution in [2.24, 2.45) is 0 Å². The van der Waals surface area contributed by atoms with E-state index in [1.807, 2.05) is 30.3 Å². The van der Waals surface area contributed by atoms with E-state index in [0.29, 0.717) is 22.7 Å². The molecule has 0 aliphatic rings. The van der Waals surface area contributed by atoms with E-state index < -0.39 is 28.4 Å². The summed E-state index contributed by atoms with van der Waals surface area (Å²) in [6.07, 6.45) is 0.414. The summed E-state index contributed by atoms with van der Waals surface area (Å²) in [5.74, 6) is -0.281. The van der Waals surface area contributed by atoms with E-state index >= 15 is 0 Å². The van der Waals surface area contributed by atoms with Gasteiger partial charge in [0.2, 0.25) is 15.9 Å². The third-order valence-electron chi connectivity index (χ3n) is 5.99. The SMILES string of the molecule is COC(=O)c1cc2cc(NC(=O)CN(CCc3ccccc3)S(=O)(=O)c3ccc(OC)c(OC)c3)ccc2s1. The second-order valence-electron chi connectivity index (χ2n) is 8.49. The highest BCUT2D eigenvalue weighted by atomic mass is 32.2. The second kappa shape index (κ2) is 12.3. The van der Waals surface area contributed by atoms with E-state index in [0.717, 1.165) is 20.0 Å². The molecule has 0 atom stereocenters. The summed E-state index contributed by atoms with van der Waals surface area (Å²) in [6.45, 7) is -0.321. The molecule has 0 radical (unpaired) electrons. The molecule has 0 spiro atoms. The number of amides is 1. The molecule has 4 rings (SSSR count). The normalized spacial score (nSPS) is 11.4. The van der Waals surface area contributed by atoms with Gasteiger partial charge >= 0.3 is 5.97 Å². The lowest BCUT2D eigenvalue weighted by Crippen LogP contribution is -2.39. The van der Waals surface area contributed by atoms with E-state index in [9.17, 15) is 18.0 Å². The summed E-state index contributed by atoms with van der Waals surface area (Å²) in [4.78, 5) is 25.4. The first-order chi connectivity index (χ1) is 18.7. The molecule has 39 heavy (non-hydrogen) atoms. The summed E-state index contributed by atoms with van der Waals surface area (Å²) < 4.78 is 44.7. The summed E-state index contributed by atoms with van der Waals surface area (Å²) >= 11 is 1.29. The zero-order chi connectivity index (χ0) is 28.0. The van der Waals surface area contributed by atoms with Crippen LogP contribution in [0.25, 0.3) is 10.1 Å². The standard InChI is InChI=1S/C28H28N2O7S2/c1-35-23-11-10-22(17-24(23)36-2)39(33,34)30(14-13-19-7-5-4-6-8-19)18-27(31)29-21-9-12-25-20(15-21)16-26(38-25)28(32)37-3/h4-12,15-17H,13-14,18H2,1-3H3,(H,29,31). The highest BCUT2D eigenvalue weighted by Gasteiger charge is 2.28. The van der Waals surface area contributed by atoms with Gasteiger partial charge in [0.05, 0.1) is 32.8 Å². The van der Waals surface area contributed by atoms with Crippen molar-refractivity contribution in [2.75, 3.05) is 39.7 Å². The van der Waals surface area contributed by atoms with Gasteiger partial charge < -0.3 is 19.5 Å². The van der Waals surface area contributed by atoms with Crippen LogP contribution in [-0.4, -0.2) is 59.0 Å². The molecule has 1 heterocycles. The Labute approximate surface area is 231 Å². The molecule has 11 heteroatoms. The molecule has 1 aromatic heterocycles. The summed E-state index contributed by atoms with van der Waals surface area (Å²) in [7, 11) is 0.133. The molecule has 0 saturated carbocycles. The number of nitrogens with zero attached hydrogens (tertiary/aromatic N) is 1. The monoisotopic (exact) mass is 568 g/mol. The predicted octanol–water partition coefficient (Wildman–Crippen LogP) is 4.58. The minimum absolute atomic E-state index is 0.0176. The van der Waals surface area contributed by atoms with E-state index in [1.165, 1.54) is 50.9 Å². The van der Waals surface area contributed by atoms with Crippen LogP contribution >= 0.6 is 11.3 Å². The van der Waals surface area contributed by atoms with Crippen molar-refractivity contribution in [3.05, 3.63) is 83.2 Å². The fourth-order valence-corrected chi connectivity index (χ4v) is 6.37. The molecule has 0 aliphatic heterocycles. The molecule has 0 saturated heterocycles. The number of hydrogen-bond donors (Lipinski definition) is 1. The van der Waals surface area contributed by atoms with Gasteiger partial charge in [0, 0.05) is 23.0 Å². The van der Waals surface area contributed by atoms with Gasteiger partial charge in [0.25, 0.3) is 0 Å². The van der Waals surface area contributed by atoms with Gasteiger partial charge in [-0.25, -0.2) is 13.2 Å². The maximum absolute atomic E-state index is 13.7. The van der Waals surface area contributed by atoms with E-state index in [-0.39, 0.29) is 17.2 Å². The Hall–Kier alpha value is -3.93. The molecule has 0 bridgehead atoms. The van der Waals surface area contributed by atoms with E-state index in [2.05, 4.69) is 5.32 Å². The molecule has 4 aromatic rings. The van der Waals surface area contributed by atoms with E-state index in [4.69, 9.17) is 14.2 Å². The van der Waals surface area contributed by atoms with Crippen molar-refractivity contribution >= 4 is 49.0 Å². The molecule has 1 N–H and O–H groups in total. The maximum Gasteiger partial charge on any atom is 0.348 e. The first kappa shape index (κ1) is 28.1. The number of rotatable bonds is 11. The number of carbonyl (C=O) groups excluding carboxylic acids is 2. The number of esters is 1. The van der Waals surface area contributed by atoms with Crippen LogP contribution in [0.5, 0.6) is 11.5 Å². The van der Waals surface area contributed by atoms with Crippen molar-refractivity contribution < 1.29 is 32.2 Å². The minimum atomic E-state index is -4.07. The van der Waals surface area contributed by atoms with Crippen LogP contribution in [0.4, 0.5) is 5.69 Å². The number of sulfonamides is 1. The van der Waals surface area contributed by atoms with Gasteiger partial charge in [0.15, 0.2) is 11.5 Å². The van der Waals surface area contributed by atoms with Gasteiger partial charge in [-0.1, -0.05) is 30.3 Å². The van der Waals surface area contributed by atoms with Crippen molar-refractivity contribution in [1.82, 2.24) is 4.31 Å². The Morgan fingerprint density at radius 2 is 1.64 bits per heavy atom. The first-order valence-corrected chi connectivity index (χ1v) is 14.2. The van der Waals surface area contributed by atoms with Crippen LogP contribution in [0.2, 0.25) is 0 Å². The summed E-state index contributed by atoms with van der Waals surface area (Å²) in [6, 6.07) is 20.7. The topological polar surface area (TPSA) is 111 Å². The lowest BCUT2D eigenvalue weighted by Gasteiger charge is -2.22. The Bertz CT molecular complexity index is 1580. The number of thiophene rings is 1. The summed E-state index contributed by atoms with van der Waals surface area (Å²) in [5.41, 5.74) is 1.42. The molecule has 0 unspecified atom stereocenters. The largest absolute Gasteiger partial charge is 0.493 e. The molecular formula is C28H28N2O7S2. The zero-order valence-corrected chi connectivity index (χ0v) is 23.3. The number of nitrogens with one attached hydrogen (secondary N) is 1. The average molecular weight is 569 g/mol. The Morgan fingerprint density at radius 1 is 0.897 bits per heavy atom. The number of fused-ring (bicyclic) bond motifs is 1. The van der Waals surface area contributed by atoms with Crippen LogP contribution in [0.3, 0.4) is 0 Å². The predicted molar refractivity (Wildman–Crippen MR) is 150 cm³/mol. The smallest absolute Gasteiger partial charge is 0.348 e. The van der Waals surface area contributed by atoms with Crippen LogP contribution in [0.1, 0.15) is 15.2 Å². The van der Waals surface area contributed by atoms with Crippen molar-refractivity contribution in [1.29, 1.82) is 0 Å². The fourth-order valence-electron chi connectivity index (χ4n) is 3.99. The van der Waals surface area contributed by atoms with Crippen molar-refractivity contribution in [3.63, 3.8) is 0 Å². The third kappa shape index (κ3) is 6.56. The van der Waals surface area contributed by atoms with Crippen LogP contribution < -0.4 is 14.8 Å². The number of methoxy groups -OCH3 is 3. The Balaban J connectivity index is 1.58. The van der Waals surface area contributed by atoms with Gasteiger partial charge in [-0.3, -0.25) is 4.79 Å². The lowest BCUT2D eigenvalue weighted by molar-refractivity contribution is -0.116. The van der Waals surface area contributed by atoms with Crippen molar-refractivity contribution in [3.8, 4) is 11.5 Å². The fraction of sp³-hybridized carbons (Fsp3) is 0.214. The van der Waals surface area contributed by atoms with Crippen LogP contribution in [0.15, 0.2) is 77.7 Å². The molecule has 9 nitrogen and oxygen atoms in total. The number of benzene rings is 3. The minimum Gasteiger partial charge on any atom is -0.493 e. The molecular weight excluding hydrogens is 540 g/mol. The number of carbonyl (C=O) groups is 2. The number of ether oxygens (including phenoxy) is 3. The van der Waals surface area contributed by atoms with Crippen molar-refractivity contribution in [2.45, 2.75) is 11.3 Å². The zero-order valence-electron chi connectivity index (χ0n) is 21.7. The van der Waals surface area contributed by atoms with Crippen LogP contribution in [0, 0.1) is 0 Å². The number of anilines is 1. The van der Waals surface area contributed by atoms with Gasteiger partial charge in [-0.05, 0) is 53.8 Å². The lowest BCUT2D eigenvalue weighted by atomic mass is 10.1. The summed E-state index contributed by atoms with van der Waals surface area (Å²) in [5, 5.41) is 3.54. The van der Waals surface area contributed by atoms with Gasteiger partial charge in [-0.2, -0.15) is 4.31 Å². The molecule has 1 amide bonds. The third-order valence-corrected chi connectivity index (χ3v) is 8.93. The average Bonchev–Trinajstić information content (AvgIpc) is 3.38. The number of hydrogen-bond acceptors (Lipinski definition) is 8. The van der Waals surface area contributed by atoms with E-state index in [1.54, 1.807) is 24.3 Å². The Morgan fingerprint density at radius 3 is 2.33 bits per heavy atom. The first-order valence-electron chi connectivity index (χ1n) is 11.9. The second-order valence-corrected chi connectivity index (χ2v) is 11.5. The molecule has 204 valence electrons. The van der Waals surface area contributed by atoms with Crippen LogP contribution in [-0.2, 0) is 26.0 Å². The van der Waals surface area contributed by atoms with Gasteiger partial charge in [0.1, 0.15) is 4.88 Å². The maximum atomic E-state index is 13.7. The highest BCUT2D eigenvalue weighted by molar-refractivity contribution is 7.89.